The summed E-state index contributed by atoms with van der Waals surface area (Å²) in [5, 5.41) is 6.49. The van der Waals surface area contributed by atoms with Gasteiger partial charge in [0.25, 0.3) is 0 Å². The van der Waals surface area contributed by atoms with Crippen LogP contribution in [0.2, 0.25) is 0 Å². The van der Waals surface area contributed by atoms with E-state index in [1.54, 1.807) is 7.11 Å². The zero-order chi connectivity index (χ0) is 14.4. The van der Waals surface area contributed by atoms with Crippen molar-refractivity contribution in [3.05, 3.63) is 35.1 Å². The minimum absolute atomic E-state index is 0.697. The van der Waals surface area contributed by atoms with Crippen LogP contribution >= 0.6 is 15.9 Å². The number of para-hydroxylation sites is 2. The zero-order valence-corrected chi connectivity index (χ0v) is 13.1. The maximum atomic E-state index is 5.32. The second-order valence-corrected chi connectivity index (χ2v) is 4.93. The summed E-state index contributed by atoms with van der Waals surface area (Å²) >= 11 is 3.52. The van der Waals surface area contributed by atoms with Crippen molar-refractivity contribution in [3.63, 3.8) is 0 Å². The Morgan fingerprint density at radius 1 is 1.20 bits per heavy atom. The van der Waals surface area contributed by atoms with Crippen LogP contribution in [0.15, 0.2) is 35.1 Å². The Balaban J connectivity index is 2.25. The molecule has 0 saturated carbocycles. The summed E-state index contributed by atoms with van der Waals surface area (Å²) < 4.78 is 6.12. The van der Waals surface area contributed by atoms with Gasteiger partial charge >= 0.3 is 0 Å². The number of halogens is 1. The van der Waals surface area contributed by atoms with Gasteiger partial charge in [0, 0.05) is 6.54 Å². The van der Waals surface area contributed by atoms with E-state index in [4.69, 9.17) is 4.74 Å². The van der Waals surface area contributed by atoms with Crippen LogP contribution in [-0.2, 0) is 0 Å². The molecular weight excluding hydrogens is 320 g/mol. The maximum absolute atomic E-state index is 5.32. The number of nitrogens with zero attached hydrogens (tertiary/aromatic N) is 2. The van der Waals surface area contributed by atoms with Crippen LogP contribution in [0.3, 0.4) is 0 Å². The van der Waals surface area contributed by atoms with Crippen molar-refractivity contribution in [2.75, 3.05) is 24.3 Å². The van der Waals surface area contributed by atoms with E-state index in [-0.39, 0.29) is 0 Å². The van der Waals surface area contributed by atoms with Gasteiger partial charge in [-0.2, -0.15) is 0 Å². The number of anilines is 3. The molecule has 2 rings (SSSR count). The summed E-state index contributed by atoms with van der Waals surface area (Å²) in [6.07, 6.45) is 2.56. The van der Waals surface area contributed by atoms with Crippen molar-refractivity contribution in [2.45, 2.75) is 13.3 Å². The average molecular weight is 337 g/mol. The molecule has 0 radical (unpaired) electrons. The quantitative estimate of drug-likeness (QED) is 0.839. The van der Waals surface area contributed by atoms with Crippen LogP contribution in [0.1, 0.15) is 13.3 Å². The molecular formula is C14H17BrN4O. The molecule has 1 heterocycles. The fraction of sp³-hybridized carbons (Fsp3) is 0.286. The van der Waals surface area contributed by atoms with Crippen LogP contribution < -0.4 is 15.4 Å². The lowest BCUT2D eigenvalue weighted by Gasteiger charge is -2.13. The van der Waals surface area contributed by atoms with E-state index in [2.05, 4.69) is 43.5 Å². The molecule has 0 saturated heterocycles. The SMILES string of the molecule is CCCNc1ncnc(Nc2ccccc2OC)c1Br. The monoisotopic (exact) mass is 336 g/mol. The minimum Gasteiger partial charge on any atom is -0.495 e. The third-order valence-electron chi connectivity index (χ3n) is 2.69. The molecule has 6 heteroatoms. The Hall–Kier alpha value is -1.82. The Bertz CT molecular complexity index is 577. The van der Waals surface area contributed by atoms with Crippen molar-refractivity contribution in [2.24, 2.45) is 0 Å². The second-order valence-electron chi connectivity index (χ2n) is 4.14. The Kier molecular flexibility index (Phi) is 5.17. The smallest absolute Gasteiger partial charge is 0.150 e. The zero-order valence-electron chi connectivity index (χ0n) is 11.5. The van der Waals surface area contributed by atoms with Gasteiger partial charge in [-0.1, -0.05) is 19.1 Å². The van der Waals surface area contributed by atoms with Gasteiger partial charge in [0.15, 0.2) is 0 Å². The van der Waals surface area contributed by atoms with E-state index in [1.165, 1.54) is 6.33 Å². The van der Waals surface area contributed by atoms with Crippen molar-refractivity contribution in [3.8, 4) is 5.75 Å². The summed E-state index contributed by atoms with van der Waals surface area (Å²) in [4.78, 5) is 8.47. The highest BCUT2D eigenvalue weighted by atomic mass is 79.9. The van der Waals surface area contributed by atoms with E-state index in [9.17, 15) is 0 Å². The molecule has 2 aromatic rings. The number of nitrogens with one attached hydrogen (secondary N) is 2. The number of rotatable bonds is 6. The van der Waals surface area contributed by atoms with Crippen LogP contribution in [0.5, 0.6) is 5.75 Å². The largest absolute Gasteiger partial charge is 0.495 e. The average Bonchev–Trinajstić information content (AvgIpc) is 2.48. The summed E-state index contributed by atoms with van der Waals surface area (Å²) in [5.74, 6) is 2.24. The molecule has 0 amide bonds. The van der Waals surface area contributed by atoms with E-state index >= 15 is 0 Å². The van der Waals surface area contributed by atoms with Gasteiger partial charge in [-0.05, 0) is 34.5 Å². The van der Waals surface area contributed by atoms with Crippen molar-refractivity contribution in [1.82, 2.24) is 9.97 Å². The first kappa shape index (κ1) is 14.6. The highest BCUT2D eigenvalue weighted by Crippen LogP contribution is 2.32. The fourth-order valence-electron chi connectivity index (χ4n) is 1.70. The molecule has 1 aromatic heterocycles. The highest BCUT2D eigenvalue weighted by molar-refractivity contribution is 9.10. The number of hydrogen-bond donors (Lipinski definition) is 2. The lowest BCUT2D eigenvalue weighted by atomic mass is 10.3. The third kappa shape index (κ3) is 3.39. The minimum atomic E-state index is 0.697. The van der Waals surface area contributed by atoms with Gasteiger partial charge in [-0.25, -0.2) is 9.97 Å². The summed E-state index contributed by atoms with van der Waals surface area (Å²) in [7, 11) is 1.64. The van der Waals surface area contributed by atoms with Crippen molar-refractivity contribution in [1.29, 1.82) is 0 Å². The highest BCUT2D eigenvalue weighted by Gasteiger charge is 2.10. The van der Waals surface area contributed by atoms with Gasteiger partial charge in [-0.15, -0.1) is 0 Å². The van der Waals surface area contributed by atoms with Crippen molar-refractivity contribution < 1.29 is 4.74 Å². The molecule has 106 valence electrons. The van der Waals surface area contributed by atoms with E-state index in [1.807, 2.05) is 24.3 Å². The summed E-state index contributed by atoms with van der Waals surface area (Å²) in [6, 6.07) is 7.70. The molecule has 0 fully saturated rings. The first-order chi connectivity index (χ1) is 9.76. The Labute approximate surface area is 126 Å². The predicted octanol–water partition coefficient (Wildman–Crippen LogP) is 3.81. The molecule has 0 spiro atoms. The molecule has 0 aliphatic carbocycles. The molecule has 0 atom stereocenters. The third-order valence-corrected chi connectivity index (χ3v) is 3.44. The van der Waals surface area contributed by atoms with Crippen LogP contribution in [-0.4, -0.2) is 23.6 Å². The first-order valence-electron chi connectivity index (χ1n) is 6.40. The molecule has 1 aromatic carbocycles. The number of benzene rings is 1. The fourth-order valence-corrected chi connectivity index (χ4v) is 2.14. The molecule has 5 nitrogen and oxygen atoms in total. The van der Waals surface area contributed by atoms with Gasteiger partial charge in [0.05, 0.1) is 12.8 Å². The molecule has 2 N–H and O–H groups in total. The second kappa shape index (κ2) is 7.09. The van der Waals surface area contributed by atoms with Crippen LogP contribution in [0.4, 0.5) is 17.3 Å². The molecule has 0 aliphatic rings. The van der Waals surface area contributed by atoms with Crippen LogP contribution in [0, 0.1) is 0 Å². The lowest BCUT2D eigenvalue weighted by molar-refractivity contribution is 0.417. The first-order valence-corrected chi connectivity index (χ1v) is 7.20. The van der Waals surface area contributed by atoms with Gasteiger partial charge in [-0.3, -0.25) is 0 Å². The number of ether oxygens (including phenoxy) is 1. The Morgan fingerprint density at radius 3 is 2.70 bits per heavy atom. The maximum Gasteiger partial charge on any atom is 0.150 e. The van der Waals surface area contributed by atoms with Gasteiger partial charge in [0.2, 0.25) is 0 Å². The van der Waals surface area contributed by atoms with Gasteiger partial charge in [0.1, 0.15) is 28.2 Å². The summed E-state index contributed by atoms with van der Waals surface area (Å²) in [5.41, 5.74) is 0.857. The van der Waals surface area contributed by atoms with Gasteiger partial charge < -0.3 is 15.4 Å². The number of aromatic nitrogens is 2. The Morgan fingerprint density at radius 2 is 1.95 bits per heavy atom. The molecule has 0 aliphatic heterocycles. The normalized spacial score (nSPS) is 10.2. The topological polar surface area (TPSA) is 59.1 Å². The summed E-state index contributed by atoms with van der Waals surface area (Å²) in [6.45, 7) is 2.97. The van der Waals surface area contributed by atoms with E-state index < -0.39 is 0 Å². The van der Waals surface area contributed by atoms with Crippen molar-refractivity contribution >= 4 is 33.3 Å². The standard InChI is InChI=1S/C14H17BrN4O/c1-3-8-16-13-12(15)14(18-9-17-13)19-10-6-4-5-7-11(10)20-2/h4-7,9H,3,8H2,1-2H3,(H2,16,17,18,19). The number of hydrogen-bond acceptors (Lipinski definition) is 5. The lowest BCUT2D eigenvalue weighted by Crippen LogP contribution is -2.05. The van der Waals surface area contributed by atoms with E-state index in [0.29, 0.717) is 5.82 Å². The predicted molar refractivity (Wildman–Crippen MR) is 84.8 cm³/mol. The molecule has 20 heavy (non-hydrogen) atoms. The molecule has 0 unspecified atom stereocenters. The number of methoxy groups -OCH3 is 1. The molecule has 0 bridgehead atoms. The van der Waals surface area contributed by atoms with E-state index in [0.717, 1.165) is 34.7 Å². The van der Waals surface area contributed by atoms with Crippen LogP contribution in [0.25, 0.3) is 0 Å².